The summed E-state index contributed by atoms with van der Waals surface area (Å²) in [5, 5.41) is 1.08. The van der Waals surface area contributed by atoms with Crippen molar-refractivity contribution in [2.45, 2.75) is 19.6 Å². The maximum atomic E-state index is 13.5. The highest BCUT2D eigenvalue weighted by molar-refractivity contribution is 6.36. The number of ether oxygens (including phenoxy) is 2. The molecule has 0 amide bonds. The lowest BCUT2D eigenvalue weighted by Gasteiger charge is -2.29. The largest absolute Gasteiger partial charge is 0.419 e. The fourth-order valence-corrected chi connectivity index (χ4v) is 2.01. The Morgan fingerprint density at radius 2 is 1.68 bits per heavy atom. The number of rotatable bonds is 2. The van der Waals surface area contributed by atoms with Crippen LogP contribution in [-0.4, -0.2) is 17.7 Å². The average molecular weight is 352 g/mol. The molecular formula is C13H9Cl2F2NO4. The molecule has 2 rings (SSSR count). The lowest BCUT2D eigenvalue weighted by molar-refractivity contribution is -0.222. The van der Waals surface area contributed by atoms with Crippen LogP contribution in [0.2, 0.25) is 10.0 Å². The van der Waals surface area contributed by atoms with Gasteiger partial charge in [-0.15, -0.1) is 0 Å². The Morgan fingerprint density at radius 1 is 1.14 bits per heavy atom. The van der Waals surface area contributed by atoms with Crippen molar-refractivity contribution >= 4 is 40.8 Å². The number of nitrogens with one attached hydrogen (secondary N) is 1. The Balaban J connectivity index is 2.30. The number of hydrogen-bond donors (Lipinski definition) is 1. The molecule has 0 spiro atoms. The van der Waals surface area contributed by atoms with Crippen molar-refractivity contribution < 1.29 is 27.8 Å². The Bertz CT molecular complexity index is 682. The first-order valence-corrected chi connectivity index (χ1v) is 6.64. The molecule has 1 aromatic rings. The molecule has 9 heteroatoms. The summed E-state index contributed by atoms with van der Waals surface area (Å²) >= 11 is 11.0. The van der Waals surface area contributed by atoms with Crippen molar-refractivity contribution in [1.82, 2.24) is 0 Å². The molecule has 0 saturated carbocycles. The highest BCUT2D eigenvalue weighted by Crippen LogP contribution is 2.33. The highest BCUT2D eigenvalue weighted by Gasteiger charge is 2.39. The fourth-order valence-electron chi connectivity index (χ4n) is 1.61. The molecule has 22 heavy (non-hydrogen) atoms. The maximum absolute atomic E-state index is 13.5. The molecule has 0 aromatic heterocycles. The lowest BCUT2D eigenvalue weighted by atomic mass is 10.2. The Kier molecular flexibility index (Phi) is 4.30. The van der Waals surface area contributed by atoms with Gasteiger partial charge >= 0.3 is 11.9 Å². The average Bonchev–Trinajstić information content (AvgIpc) is 2.39. The van der Waals surface area contributed by atoms with Crippen molar-refractivity contribution in [3.8, 4) is 0 Å². The normalized spacial score (nSPS) is 16.9. The second kappa shape index (κ2) is 5.73. The summed E-state index contributed by atoms with van der Waals surface area (Å²) in [6.45, 7) is 2.77. The van der Waals surface area contributed by atoms with Crippen LogP contribution in [0.25, 0.3) is 0 Å². The molecular weight excluding hydrogens is 343 g/mol. The quantitative estimate of drug-likeness (QED) is 0.291. The maximum Gasteiger partial charge on any atom is 0.350 e. The minimum Gasteiger partial charge on any atom is -0.419 e. The third kappa shape index (κ3) is 3.15. The van der Waals surface area contributed by atoms with Crippen molar-refractivity contribution in [1.29, 1.82) is 0 Å². The van der Waals surface area contributed by atoms with E-state index in [0.29, 0.717) is 0 Å². The molecule has 118 valence electrons. The molecule has 1 aliphatic rings. The van der Waals surface area contributed by atoms with E-state index in [0.717, 1.165) is 12.3 Å². The van der Waals surface area contributed by atoms with Gasteiger partial charge in [0.1, 0.15) is 15.9 Å². The monoisotopic (exact) mass is 351 g/mol. The number of carbonyl (C=O) groups is 2. The molecule has 1 saturated heterocycles. The molecule has 0 bridgehead atoms. The molecule has 1 fully saturated rings. The second-order valence-corrected chi connectivity index (χ2v) is 5.49. The van der Waals surface area contributed by atoms with Gasteiger partial charge in [-0.05, 0) is 0 Å². The fraction of sp³-hybridized carbons (Fsp3) is 0.231. The summed E-state index contributed by atoms with van der Waals surface area (Å²) in [5.74, 6) is -5.50. The van der Waals surface area contributed by atoms with Crippen molar-refractivity contribution in [3.63, 3.8) is 0 Å². The molecule has 1 aliphatic heterocycles. The van der Waals surface area contributed by atoms with Gasteiger partial charge in [0.25, 0.3) is 5.79 Å². The van der Waals surface area contributed by atoms with Gasteiger partial charge in [-0.25, -0.2) is 18.4 Å². The van der Waals surface area contributed by atoms with Crippen molar-refractivity contribution in [3.05, 3.63) is 39.5 Å². The van der Waals surface area contributed by atoms with Gasteiger partial charge in [-0.1, -0.05) is 23.2 Å². The van der Waals surface area contributed by atoms with Gasteiger partial charge < -0.3 is 14.8 Å². The minimum atomic E-state index is -1.39. The van der Waals surface area contributed by atoms with Gasteiger partial charge in [0.2, 0.25) is 0 Å². The number of carbonyl (C=O) groups excluding carboxylic acids is 2. The summed E-state index contributed by atoms with van der Waals surface area (Å²) < 4.78 is 36.6. The molecule has 1 heterocycles. The number of anilines is 1. The van der Waals surface area contributed by atoms with Gasteiger partial charge in [0.15, 0.2) is 11.4 Å². The standard InChI is InChI=1S/C13H9Cl2F2NO4/c1-13(2)21-11(19)5(12(20)22-13)4-18-7-3-6(16)8(14)10(17)9(7)15/h3-4,18H,1-2H3. The Labute approximate surface area is 133 Å². The zero-order chi connectivity index (χ0) is 16.7. The molecule has 1 N–H and O–H groups in total. The zero-order valence-corrected chi connectivity index (χ0v) is 12.8. The summed E-state index contributed by atoms with van der Waals surface area (Å²) in [5.41, 5.74) is -0.704. The number of benzene rings is 1. The van der Waals surface area contributed by atoms with E-state index >= 15 is 0 Å². The molecule has 0 unspecified atom stereocenters. The predicted octanol–water partition coefficient (Wildman–Crippen LogP) is 3.40. The smallest absolute Gasteiger partial charge is 0.350 e. The molecule has 0 aliphatic carbocycles. The van der Waals surface area contributed by atoms with Crippen molar-refractivity contribution in [2.24, 2.45) is 0 Å². The summed E-state index contributed by atoms with van der Waals surface area (Å²) in [6.07, 6.45) is 0.883. The van der Waals surface area contributed by atoms with E-state index in [-0.39, 0.29) is 5.69 Å². The summed E-state index contributed by atoms with van der Waals surface area (Å²) in [6, 6.07) is 0.814. The zero-order valence-electron chi connectivity index (χ0n) is 11.3. The number of esters is 2. The molecule has 5 nitrogen and oxygen atoms in total. The van der Waals surface area contributed by atoms with Gasteiger partial charge in [-0.3, -0.25) is 0 Å². The topological polar surface area (TPSA) is 64.6 Å². The van der Waals surface area contributed by atoms with Gasteiger partial charge in [0, 0.05) is 26.1 Å². The Morgan fingerprint density at radius 3 is 2.23 bits per heavy atom. The SMILES string of the molecule is CC1(C)OC(=O)C(=CNc2cc(F)c(Cl)c(F)c2Cl)C(=O)O1. The van der Waals surface area contributed by atoms with Crippen LogP contribution in [-0.2, 0) is 19.1 Å². The third-order valence-corrected chi connectivity index (χ3v) is 3.31. The van der Waals surface area contributed by atoms with E-state index in [1.165, 1.54) is 13.8 Å². The minimum absolute atomic E-state index is 0.223. The number of hydrogen-bond acceptors (Lipinski definition) is 5. The van der Waals surface area contributed by atoms with Gasteiger partial charge in [0.05, 0.1) is 5.69 Å². The van der Waals surface area contributed by atoms with Crippen LogP contribution in [0.4, 0.5) is 14.5 Å². The molecule has 1 aromatic carbocycles. The number of halogens is 4. The number of cyclic esters (lactones) is 2. The highest BCUT2D eigenvalue weighted by atomic mass is 35.5. The third-order valence-electron chi connectivity index (χ3n) is 2.59. The molecule has 0 radical (unpaired) electrons. The van der Waals surface area contributed by atoms with Crippen LogP contribution < -0.4 is 5.32 Å². The van der Waals surface area contributed by atoms with Gasteiger partial charge in [-0.2, -0.15) is 0 Å². The first-order chi connectivity index (χ1) is 10.1. The van der Waals surface area contributed by atoms with Crippen LogP contribution in [0.15, 0.2) is 17.8 Å². The summed E-state index contributed by atoms with van der Waals surface area (Å²) in [7, 11) is 0. The van der Waals surface area contributed by atoms with E-state index in [1.54, 1.807) is 0 Å². The van der Waals surface area contributed by atoms with Crippen LogP contribution in [0.1, 0.15) is 13.8 Å². The van der Waals surface area contributed by atoms with Crippen LogP contribution >= 0.6 is 23.2 Å². The molecule has 0 atom stereocenters. The van der Waals surface area contributed by atoms with Crippen LogP contribution in [0.3, 0.4) is 0 Å². The summed E-state index contributed by atoms with van der Waals surface area (Å²) in [4.78, 5) is 23.4. The van der Waals surface area contributed by atoms with E-state index in [9.17, 15) is 18.4 Å². The van der Waals surface area contributed by atoms with E-state index in [2.05, 4.69) is 5.32 Å². The first kappa shape index (κ1) is 16.5. The first-order valence-electron chi connectivity index (χ1n) is 5.89. The van der Waals surface area contributed by atoms with Crippen molar-refractivity contribution in [2.75, 3.05) is 5.32 Å². The van der Waals surface area contributed by atoms with E-state index in [4.69, 9.17) is 32.7 Å². The predicted molar refractivity (Wildman–Crippen MR) is 74.3 cm³/mol. The Hall–Kier alpha value is -1.86. The van der Waals surface area contributed by atoms with E-state index in [1.807, 2.05) is 0 Å². The second-order valence-electron chi connectivity index (χ2n) is 4.73. The van der Waals surface area contributed by atoms with Crippen LogP contribution in [0, 0.1) is 11.6 Å². The van der Waals surface area contributed by atoms with E-state index < -0.39 is 45.0 Å². The lowest BCUT2D eigenvalue weighted by Crippen LogP contribution is -2.42. The van der Waals surface area contributed by atoms with Crippen LogP contribution in [0.5, 0.6) is 0 Å².